The molecule has 1 aromatic heterocycles. The molecule has 110 valence electrons. The smallest absolute Gasteiger partial charge is 0.228 e. The minimum Gasteiger partial charge on any atom is -0.342 e. The fourth-order valence-corrected chi connectivity index (χ4v) is 3.16. The van der Waals surface area contributed by atoms with Crippen LogP contribution in [-0.2, 0) is 11.2 Å². The molecule has 2 aromatic rings. The minimum absolute atomic E-state index is 0.186. The molecule has 0 saturated carbocycles. The number of nitrogens with one attached hydrogen (secondary N) is 1. The van der Waals surface area contributed by atoms with Crippen molar-refractivity contribution in [1.82, 2.24) is 15.1 Å². The van der Waals surface area contributed by atoms with Gasteiger partial charge in [0.25, 0.3) is 0 Å². The number of aromatic nitrogens is 2. The second-order valence-corrected chi connectivity index (χ2v) is 6.01. The number of H-pyrrole nitrogens is 1. The Kier molecular flexibility index (Phi) is 3.78. The summed E-state index contributed by atoms with van der Waals surface area (Å²) in [4.78, 5) is 14.3. The fraction of sp³-hybridized carbons (Fsp3) is 0.412. The SMILES string of the molecule is Cc1cc(C)cc(C2CCN(C(=O)Cc3ccn[nH]3)C2)c1. The number of rotatable bonds is 3. The molecule has 21 heavy (non-hydrogen) atoms. The maximum atomic E-state index is 12.3. The van der Waals surface area contributed by atoms with Gasteiger partial charge >= 0.3 is 0 Å². The van der Waals surface area contributed by atoms with E-state index in [4.69, 9.17) is 0 Å². The highest BCUT2D eigenvalue weighted by molar-refractivity contribution is 5.78. The van der Waals surface area contributed by atoms with E-state index in [1.165, 1.54) is 16.7 Å². The van der Waals surface area contributed by atoms with Crippen LogP contribution in [0.15, 0.2) is 30.5 Å². The highest BCUT2D eigenvalue weighted by atomic mass is 16.2. The molecule has 1 fully saturated rings. The third kappa shape index (κ3) is 3.15. The van der Waals surface area contributed by atoms with Crippen LogP contribution in [-0.4, -0.2) is 34.1 Å². The molecule has 3 rings (SSSR count). The summed E-state index contributed by atoms with van der Waals surface area (Å²) in [5.41, 5.74) is 4.85. The monoisotopic (exact) mass is 283 g/mol. The Morgan fingerprint density at radius 1 is 1.33 bits per heavy atom. The Balaban J connectivity index is 1.66. The lowest BCUT2D eigenvalue weighted by Gasteiger charge is -2.17. The third-order valence-electron chi connectivity index (χ3n) is 4.16. The summed E-state index contributed by atoms with van der Waals surface area (Å²) >= 11 is 0. The van der Waals surface area contributed by atoms with Crippen molar-refractivity contribution in [1.29, 1.82) is 0 Å². The lowest BCUT2D eigenvalue weighted by Crippen LogP contribution is -2.30. The van der Waals surface area contributed by atoms with E-state index in [0.717, 1.165) is 25.2 Å². The van der Waals surface area contributed by atoms with Gasteiger partial charge in [-0.15, -0.1) is 0 Å². The van der Waals surface area contributed by atoms with Gasteiger partial charge in [-0.1, -0.05) is 29.3 Å². The standard InChI is InChI=1S/C17H21N3O/c1-12-7-13(2)9-15(8-12)14-4-6-20(11-14)17(21)10-16-3-5-18-19-16/h3,5,7-9,14H,4,6,10-11H2,1-2H3,(H,18,19). The molecule has 1 aromatic carbocycles. The van der Waals surface area contributed by atoms with Crippen LogP contribution in [0.25, 0.3) is 0 Å². The average Bonchev–Trinajstić information content (AvgIpc) is 3.08. The number of hydrogen-bond acceptors (Lipinski definition) is 2. The van der Waals surface area contributed by atoms with Gasteiger partial charge in [-0.25, -0.2) is 0 Å². The molecule has 0 aliphatic carbocycles. The molecule has 4 heteroatoms. The summed E-state index contributed by atoms with van der Waals surface area (Å²) in [5.74, 6) is 0.653. The molecule has 1 aliphatic rings. The van der Waals surface area contributed by atoms with Crippen molar-refractivity contribution in [3.05, 3.63) is 52.8 Å². The van der Waals surface area contributed by atoms with Crippen LogP contribution in [0.5, 0.6) is 0 Å². The largest absolute Gasteiger partial charge is 0.342 e. The van der Waals surface area contributed by atoms with E-state index in [2.05, 4.69) is 42.2 Å². The van der Waals surface area contributed by atoms with Crippen molar-refractivity contribution >= 4 is 5.91 Å². The number of hydrogen-bond donors (Lipinski definition) is 1. The quantitative estimate of drug-likeness (QED) is 0.941. The first-order chi connectivity index (χ1) is 10.1. The number of nitrogens with zero attached hydrogens (tertiary/aromatic N) is 2. The third-order valence-corrected chi connectivity index (χ3v) is 4.16. The average molecular weight is 283 g/mol. The molecule has 1 atom stereocenters. The summed E-state index contributed by atoms with van der Waals surface area (Å²) in [6, 6.07) is 8.55. The fourth-order valence-electron chi connectivity index (χ4n) is 3.16. The molecule has 1 amide bonds. The molecule has 0 spiro atoms. The highest BCUT2D eigenvalue weighted by Gasteiger charge is 2.27. The van der Waals surface area contributed by atoms with E-state index in [-0.39, 0.29) is 5.91 Å². The lowest BCUT2D eigenvalue weighted by molar-refractivity contribution is -0.129. The summed E-state index contributed by atoms with van der Waals surface area (Å²) in [7, 11) is 0. The van der Waals surface area contributed by atoms with Crippen LogP contribution in [0.1, 0.15) is 34.7 Å². The zero-order valence-corrected chi connectivity index (χ0v) is 12.6. The molecule has 1 aliphatic heterocycles. The topological polar surface area (TPSA) is 49.0 Å². The Morgan fingerprint density at radius 2 is 2.10 bits per heavy atom. The molecule has 0 bridgehead atoms. The van der Waals surface area contributed by atoms with Gasteiger partial charge in [-0.05, 0) is 31.9 Å². The number of benzene rings is 1. The molecule has 1 unspecified atom stereocenters. The number of carbonyl (C=O) groups excluding carboxylic acids is 1. The van der Waals surface area contributed by atoms with Gasteiger partial charge in [0.2, 0.25) is 5.91 Å². The molecular weight excluding hydrogens is 262 g/mol. The van der Waals surface area contributed by atoms with Gasteiger partial charge < -0.3 is 4.90 Å². The number of likely N-dealkylation sites (tertiary alicyclic amines) is 1. The number of aryl methyl sites for hydroxylation is 2. The zero-order valence-electron chi connectivity index (χ0n) is 12.6. The van der Waals surface area contributed by atoms with E-state index >= 15 is 0 Å². The van der Waals surface area contributed by atoms with Gasteiger partial charge in [0, 0.05) is 30.9 Å². The van der Waals surface area contributed by atoms with Crippen molar-refractivity contribution in [2.75, 3.05) is 13.1 Å². The minimum atomic E-state index is 0.186. The van der Waals surface area contributed by atoms with Crippen LogP contribution < -0.4 is 0 Å². The van der Waals surface area contributed by atoms with Gasteiger partial charge in [0.15, 0.2) is 0 Å². The van der Waals surface area contributed by atoms with E-state index in [1.54, 1.807) is 6.20 Å². The van der Waals surface area contributed by atoms with Gasteiger partial charge in [0.05, 0.1) is 6.42 Å². The van der Waals surface area contributed by atoms with Crippen molar-refractivity contribution in [3.63, 3.8) is 0 Å². The van der Waals surface area contributed by atoms with Gasteiger partial charge in [0.1, 0.15) is 0 Å². The maximum absolute atomic E-state index is 12.3. The van der Waals surface area contributed by atoms with Gasteiger partial charge in [-0.3, -0.25) is 9.89 Å². The number of amides is 1. The second-order valence-electron chi connectivity index (χ2n) is 6.01. The number of aromatic amines is 1. The normalized spacial score (nSPS) is 18.2. The molecule has 0 radical (unpaired) electrons. The Labute approximate surface area is 125 Å². The Bertz CT molecular complexity index is 613. The first kappa shape index (κ1) is 13.9. The van der Waals surface area contributed by atoms with Crippen LogP contribution in [0.2, 0.25) is 0 Å². The maximum Gasteiger partial charge on any atom is 0.228 e. The highest BCUT2D eigenvalue weighted by Crippen LogP contribution is 2.28. The molecule has 2 heterocycles. The second kappa shape index (κ2) is 5.72. The van der Waals surface area contributed by atoms with E-state index in [1.807, 2.05) is 11.0 Å². The van der Waals surface area contributed by atoms with Crippen molar-refractivity contribution in [3.8, 4) is 0 Å². The first-order valence-corrected chi connectivity index (χ1v) is 7.46. The predicted octanol–water partition coefficient (Wildman–Crippen LogP) is 2.59. The first-order valence-electron chi connectivity index (χ1n) is 7.46. The van der Waals surface area contributed by atoms with Crippen molar-refractivity contribution < 1.29 is 4.79 Å². The number of carbonyl (C=O) groups is 1. The van der Waals surface area contributed by atoms with Crippen molar-refractivity contribution in [2.24, 2.45) is 0 Å². The van der Waals surface area contributed by atoms with Crippen LogP contribution in [0.3, 0.4) is 0 Å². The summed E-state index contributed by atoms with van der Waals surface area (Å²) < 4.78 is 0. The predicted molar refractivity (Wildman–Crippen MR) is 82.1 cm³/mol. The molecule has 1 saturated heterocycles. The van der Waals surface area contributed by atoms with Crippen LogP contribution in [0, 0.1) is 13.8 Å². The van der Waals surface area contributed by atoms with Crippen molar-refractivity contribution in [2.45, 2.75) is 32.6 Å². The Morgan fingerprint density at radius 3 is 2.76 bits per heavy atom. The van der Waals surface area contributed by atoms with Crippen LogP contribution >= 0.6 is 0 Å². The summed E-state index contributed by atoms with van der Waals surface area (Å²) in [5, 5.41) is 6.74. The zero-order chi connectivity index (χ0) is 14.8. The molecule has 1 N–H and O–H groups in total. The molecular formula is C17H21N3O. The molecule has 4 nitrogen and oxygen atoms in total. The van der Waals surface area contributed by atoms with E-state index in [9.17, 15) is 4.79 Å². The summed E-state index contributed by atoms with van der Waals surface area (Å²) in [6.45, 7) is 5.94. The lowest BCUT2D eigenvalue weighted by atomic mass is 9.95. The van der Waals surface area contributed by atoms with Crippen LogP contribution in [0.4, 0.5) is 0 Å². The van der Waals surface area contributed by atoms with Gasteiger partial charge in [-0.2, -0.15) is 5.10 Å². The van der Waals surface area contributed by atoms with E-state index < -0.39 is 0 Å². The Hall–Kier alpha value is -2.10. The van der Waals surface area contributed by atoms with E-state index in [0.29, 0.717) is 12.3 Å². The summed E-state index contributed by atoms with van der Waals surface area (Å²) in [6.07, 6.45) is 3.15.